The van der Waals surface area contributed by atoms with Crippen LogP contribution in [0.1, 0.15) is 35.2 Å². The summed E-state index contributed by atoms with van der Waals surface area (Å²) < 4.78 is 48.1. The summed E-state index contributed by atoms with van der Waals surface area (Å²) in [5.74, 6) is -0.769. The van der Waals surface area contributed by atoms with Crippen molar-refractivity contribution in [2.24, 2.45) is 5.92 Å². The molecule has 0 saturated heterocycles. The van der Waals surface area contributed by atoms with Crippen LogP contribution in [0.4, 0.5) is 18.0 Å². The van der Waals surface area contributed by atoms with Crippen molar-refractivity contribution < 1.29 is 37.3 Å². The fourth-order valence-corrected chi connectivity index (χ4v) is 4.18. The maximum atomic E-state index is 13.6. The van der Waals surface area contributed by atoms with Gasteiger partial charge in [0.15, 0.2) is 0 Å². The fourth-order valence-electron chi connectivity index (χ4n) is 4.00. The third kappa shape index (κ3) is 8.26. The van der Waals surface area contributed by atoms with Crippen LogP contribution in [0, 0.1) is 5.92 Å². The third-order valence-electron chi connectivity index (χ3n) is 5.75. The minimum atomic E-state index is -4.87. The van der Waals surface area contributed by atoms with Gasteiger partial charge in [0.1, 0.15) is 17.2 Å². The van der Waals surface area contributed by atoms with Crippen LogP contribution in [-0.4, -0.2) is 48.5 Å². The van der Waals surface area contributed by atoms with E-state index in [-0.39, 0.29) is 42.6 Å². The van der Waals surface area contributed by atoms with Crippen molar-refractivity contribution in [2.45, 2.75) is 32.0 Å². The molecule has 2 N–H and O–H groups in total. The molecule has 2 aromatic carbocycles. The van der Waals surface area contributed by atoms with Crippen LogP contribution < -0.4 is 14.8 Å². The van der Waals surface area contributed by atoms with Gasteiger partial charge in [0.25, 0.3) is 5.91 Å². The molecule has 3 amide bonds. The Morgan fingerprint density at radius 1 is 1.18 bits per heavy atom. The second kappa shape index (κ2) is 13.3. The van der Waals surface area contributed by atoms with E-state index in [9.17, 15) is 27.9 Å². The number of aliphatic hydroxyl groups is 1. The van der Waals surface area contributed by atoms with E-state index in [2.05, 4.69) is 10.1 Å². The summed E-state index contributed by atoms with van der Waals surface area (Å²) in [5.41, 5.74) is 0.675. The first kappa shape index (κ1) is 29.1. The number of benzene rings is 2. The lowest BCUT2D eigenvalue weighted by molar-refractivity contribution is -0.274. The number of nitrogens with one attached hydrogen (secondary N) is 1. The number of urea groups is 1. The van der Waals surface area contributed by atoms with Gasteiger partial charge in [0, 0.05) is 42.4 Å². The fraction of sp³-hybridized carbons (Fsp3) is 0.333. The molecule has 0 heterocycles. The number of hydrogen-bond donors (Lipinski definition) is 2. The number of carbonyl (C=O) groups is 2. The molecular weight excluding hydrogens is 525 g/mol. The maximum Gasteiger partial charge on any atom is 0.573 e. The molecular formula is C27H28ClF3N2O5. The van der Waals surface area contributed by atoms with Gasteiger partial charge in [0.2, 0.25) is 0 Å². The van der Waals surface area contributed by atoms with Crippen LogP contribution in [0.2, 0.25) is 0 Å². The van der Waals surface area contributed by atoms with E-state index in [1.165, 1.54) is 19.2 Å². The molecule has 0 bridgehead atoms. The lowest BCUT2D eigenvalue weighted by Crippen LogP contribution is -2.43. The Hall–Kier alpha value is -3.50. The topological polar surface area (TPSA) is 88.1 Å². The molecule has 1 atom stereocenters. The average Bonchev–Trinajstić information content (AvgIpc) is 3.07. The van der Waals surface area contributed by atoms with Crippen LogP contribution >= 0.6 is 11.6 Å². The molecule has 11 heteroatoms. The number of hydrogen-bond acceptors (Lipinski definition) is 5. The van der Waals surface area contributed by atoms with Gasteiger partial charge in [0.05, 0.1) is 0 Å². The number of carbonyl (C=O) groups excluding carboxylic acids is 2. The molecule has 3 rings (SSSR count). The summed E-state index contributed by atoms with van der Waals surface area (Å²) in [6.45, 7) is -0.229. The molecule has 204 valence electrons. The number of ether oxygens (including phenoxy) is 2. The molecule has 7 nitrogen and oxygen atoms in total. The van der Waals surface area contributed by atoms with Crippen LogP contribution in [0.15, 0.2) is 65.7 Å². The van der Waals surface area contributed by atoms with E-state index < -0.39 is 24.1 Å². The summed E-state index contributed by atoms with van der Waals surface area (Å²) in [5, 5.41) is 12.3. The van der Waals surface area contributed by atoms with Crippen LogP contribution in [-0.2, 0) is 6.42 Å². The number of alkyl halides is 3. The molecule has 1 unspecified atom stereocenters. The minimum absolute atomic E-state index is 0.0147. The molecule has 2 aromatic rings. The molecule has 0 aliphatic heterocycles. The zero-order chi connectivity index (χ0) is 27.7. The van der Waals surface area contributed by atoms with E-state index in [0.717, 1.165) is 23.5 Å². The molecule has 1 aliphatic rings. The highest BCUT2D eigenvalue weighted by molar-refractivity contribution is 6.31. The Bertz CT molecular complexity index is 1200. The van der Waals surface area contributed by atoms with Gasteiger partial charge in [-0.05, 0) is 61.9 Å². The van der Waals surface area contributed by atoms with Gasteiger partial charge in [-0.25, -0.2) is 4.79 Å². The minimum Gasteiger partial charge on any atom is -0.457 e. The number of allylic oxidation sites excluding steroid dienone is 4. The lowest BCUT2D eigenvalue weighted by Gasteiger charge is -2.24. The normalized spacial score (nSPS) is 15.3. The highest BCUT2D eigenvalue weighted by Gasteiger charge is 2.31. The Kier molecular flexibility index (Phi) is 10.2. The smallest absolute Gasteiger partial charge is 0.457 e. The van der Waals surface area contributed by atoms with Gasteiger partial charge in [-0.2, -0.15) is 0 Å². The highest BCUT2D eigenvalue weighted by atomic mass is 35.5. The Morgan fingerprint density at radius 3 is 2.63 bits per heavy atom. The molecule has 0 aromatic heterocycles. The SMILES string of the molecule is CNC(=O)N(CCCO)C(=O)c1cccc(Oc2cccc(OC(F)(F)F)c2)c1CC1C=CC(Cl)=CCC1. The van der Waals surface area contributed by atoms with E-state index in [1.807, 2.05) is 12.2 Å². The predicted molar refractivity (Wildman–Crippen MR) is 136 cm³/mol. The number of nitrogens with zero attached hydrogens (tertiary/aromatic N) is 1. The molecule has 0 fully saturated rings. The Balaban J connectivity index is 2.02. The number of halogens is 4. The molecule has 0 radical (unpaired) electrons. The van der Waals surface area contributed by atoms with Crippen molar-refractivity contribution in [1.29, 1.82) is 0 Å². The second-order valence-corrected chi connectivity index (χ2v) is 8.92. The monoisotopic (exact) mass is 552 g/mol. The summed E-state index contributed by atoms with van der Waals surface area (Å²) in [6.07, 6.45) is 2.69. The van der Waals surface area contributed by atoms with E-state index in [1.54, 1.807) is 24.3 Å². The predicted octanol–water partition coefficient (Wildman–Crippen LogP) is 6.17. The Morgan fingerprint density at radius 2 is 1.92 bits per heavy atom. The zero-order valence-electron chi connectivity index (χ0n) is 20.6. The summed E-state index contributed by atoms with van der Waals surface area (Å²) in [6, 6.07) is 9.17. The molecule has 0 saturated carbocycles. The molecule has 0 spiro atoms. The number of rotatable bonds is 9. The van der Waals surface area contributed by atoms with Crippen molar-refractivity contribution in [3.63, 3.8) is 0 Å². The first-order chi connectivity index (χ1) is 18.1. The lowest BCUT2D eigenvalue weighted by atomic mass is 9.91. The van der Waals surface area contributed by atoms with Crippen molar-refractivity contribution >= 4 is 23.5 Å². The first-order valence-corrected chi connectivity index (χ1v) is 12.3. The first-order valence-electron chi connectivity index (χ1n) is 11.9. The van der Waals surface area contributed by atoms with Gasteiger partial charge in [-0.1, -0.05) is 35.9 Å². The maximum absolute atomic E-state index is 13.6. The van der Waals surface area contributed by atoms with E-state index >= 15 is 0 Å². The van der Waals surface area contributed by atoms with Crippen molar-refractivity contribution in [3.8, 4) is 17.2 Å². The number of imide groups is 1. The van der Waals surface area contributed by atoms with Crippen LogP contribution in [0.5, 0.6) is 17.2 Å². The third-order valence-corrected chi connectivity index (χ3v) is 6.03. The van der Waals surface area contributed by atoms with Crippen LogP contribution in [0.25, 0.3) is 0 Å². The van der Waals surface area contributed by atoms with Gasteiger partial charge < -0.3 is 19.9 Å². The summed E-state index contributed by atoms with van der Waals surface area (Å²) >= 11 is 6.14. The largest absolute Gasteiger partial charge is 0.573 e. The second-order valence-electron chi connectivity index (χ2n) is 8.49. The quantitative estimate of drug-likeness (QED) is 0.388. The van der Waals surface area contributed by atoms with Gasteiger partial charge in [-0.3, -0.25) is 9.69 Å². The van der Waals surface area contributed by atoms with Gasteiger partial charge >= 0.3 is 12.4 Å². The number of aliphatic hydroxyl groups excluding tert-OH is 1. The summed E-state index contributed by atoms with van der Waals surface area (Å²) in [7, 11) is 1.39. The average molecular weight is 553 g/mol. The van der Waals surface area contributed by atoms with Gasteiger partial charge in [-0.15, -0.1) is 13.2 Å². The van der Waals surface area contributed by atoms with Crippen molar-refractivity contribution in [3.05, 3.63) is 76.9 Å². The van der Waals surface area contributed by atoms with Crippen molar-refractivity contribution in [2.75, 3.05) is 20.2 Å². The molecule has 1 aliphatic carbocycles. The van der Waals surface area contributed by atoms with E-state index in [4.69, 9.17) is 16.3 Å². The standard InChI is InChI=1S/C27H28ClF3N2O5/c1-32-26(36)33(14-5-15-34)25(35)22-10-4-11-24(23(22)16-18-6-2-7-19(28)13-12-18)37-20-8-3-9-21(17-20)38-27(29,30)31/h3-4,7-13,17-18,34H,2,5-6,14-16H2,1H3,(H,32,36). The van der Waals surface area contributed by atoms with Crippen molar-refractivity contribution in [1.82, 2.24) is 10.2 Å². The summed E-state index contributed by atoms with van der Waals surface area (Å²) in [4.78, 5) is 27.1. The highest BCUT2D eigenvalue weighted by Crippen LogP contribution is 2.35. The number of amides is 3. The van der Waals surface area contributed by atoms with E-state index in [0.29, 0.717) is 23.4 Å². The zero-order valence-corrected chi connectivity index (χ0v) is 21.4. The molecule has 38 heavy (non-hydrogen) atoms. The van der Waals surface area contributed by atoms with Crippen LogP contribution in [0.3, 0.4) is 0 Å². The Labute approximate surface area is 223 Å².